The highest BCUT2D eigenvalue weighted by atomic mass is 35.5. The summed E-state index contributed by atoms with van der Waals surface area (Å²) in [5, 5.41) is 4.51. The summed E-state index contributed by atoms with van der Waals surface area (Å²) < 4.78 is 12.7. The Bertz CT molecular complexity index is 1310. The monoisotopic (exact) mass is 551 g/mol. The van der Waals surface area contributed by atoms with Gasteiger partial charge in [0.25, 0.3) is 0 Å². The van der Waals surface area contributed by atoms with Crippen LogP contribution in [0.5, 0.6) is 0 Å². The van der Waals surface area contributed by atoms with Crippen LogP contribution >= 0.6 is 18.7 Å². The predicted molar refractivity (Wildman–Crippen MR) is 160 cm³/mol. The lowest BCUT2D eigenvalue weighted by atomic mass is 9.60. The van der Waals surface area contributed by atoms with E-state index in [9.17, 15) is 4.57 Å². The molecule has 1 saturated carbocycles. The zero-order valence-electron chi connectivity index (χ0n) is 23.0. The Hall–Kier alpha value is -2.40. The van der Waals surface area contributed by atoms with Crippen molar-refractivity contribution in [2.24, 2.45) is 5.41 Å². The number of nitrogens with one attached hydrogen (secondary N) is 1. The maximum Gasteiger partial charge on any atom is 0.152 e. The van der Waals surface area contributed by atoms with Crippen LogP contribution in [0.3, 0.4) is 0 Å². The highest BCUT2D eigenvalue weighted by Gasteiger charge is 2.46. The molecule has 8 heteroatoms. The number of nitrogens with zero attached hydrogens (tertiary/aromatic N) is 4. The van der Waals surface area contributed by atoms with Crippen molar-refractivity contribution in [1.82, 2.24) is 14.9 Å². The Morgan fingerprint density at radius 2 is 1.74 bits per heavy atom. The molecular weight excluding hydrogens is 513 g/mol. The third-order valence-electron chi connectivity index (χ3n) is 8.36. The largest absolute Gasteiger partial charge is 0.371 e. The molecule has 2 heterocycles. The third kappa shape index (κ3) is 6.09. The Balaban J connectivity index is 1.17. The number of hydrogen-bond acceptors (Lipinski definition) is 6. The van der Waals surface area contributed by atoms with Gasteiger partial charge in [-0.05, 0) is 94.8 Å². The molecule has 0 unspecified atom stereocenters. The number of aromatic nitrogens is 2. The van der Waals surface area contributed by atoms with Gasteiger partial charge in [0.2, 0.25) is 0 Å². The van der Waals surface area contributed by atoms with Crippen LogP contribution in [0.15, 0.2) is 54.7 Å². The van der Waals surface area contributed by atoms with E-state index in [0.717, 1.165) is 42.4 Å². The van der Waals surface area contributed by atoms with Crippen molar-refractivity contribution < 1.29 is 4.57 Å². The van der Waals surface area contributed by atoms with Crippen molar-refractivity contribution in [1.29, 1.82) is 0 Å². The lowest BCUT2D eigenvalue weighted by Crippen LogP contribution is -2.53. The molecule has 0 radical (unpaired) electrons. The molecule has 1 N–H and O–H groups in total. The van der Waals surface area contributed by atoms with Crippen molar-refractivity contribution in [3.63, 3.8) is 0 Å². The van der Waals surface area contributed by atoms with Crippen LogP contribution in [0.2, 0.25) is 5.02 Å². The van der Waals surface area contributed by atoms with Crippen LogP contribution < -0.4 is 15.5 Å². The first-order chi connectivity index (χ1) is 18.1. The van der Waals surface area contributed by atoms with E-state index in [1.54, 1.807) is 19.5 Å². The van der Waals surface area contributed by atoms with E-state index in [2.05, 4.69) is 63.4 Å². The maximum atomic E-state index is 12.7. The molecule has 2 aliphatic rings. The number of para-hydroxylation sites is 1. The van der Waals surface area contributed by atoms with Crippen LogP contribution in [-0.4, -0.2) is 61.4 Å². The number of aryl methyl sites for hydroxylation is 2. The molecule has 202 valence electrons. The maximum absolute atomic E-state index is 12.7. The van der Waals surface area contributed by atoms with E-state index in [0.29, 0.717) is 22.7 Å². The minimum absolute atomic E-state index is 0.442. The van der Waals surface area contributed by atoms with Crippen molar-refractivity contribution in [3.8, 4) is 0 Å². The molecule has 0 amide bonds. The number of hydrogen-bond donors (Lipinski definition) is 1. The van der Waals surface area contributed by atoms with Gasteiger partial charge in [-0.3, -0.25) is 0 Å². The molecule has 1 spiro atoms. The normalized spacial score (nSPS) is 17.6. The number of piperidine rings is 1. The SMILES string of the molecule is CN(C)C1CC2(CCN(c3ccc(CCc4ncc(Cl)c(Nc5ccccc5P(C)(C)=O)n4)cc3)CC2)C1. The van der Waals surface area contributed by atoms with Gasteiger partial charge in [0.1, 0.15) is 18.0 Å². The fourth-order valence-corrected chi connectivity index (χ4v) is 7.16. The second-order valence-electron chi connectivity index (χ2n) is 11.7. The number of rotatable bonds is 8. The molecular formula is C30H39ClN5OP. The molecule has 1 aromatic heterocycles. The van der Waals surface area contributed by atoms with Gasteiger partial charge >= 0.3 is 0 Å². The van der Waals surface area contributed by atoms with Crippen molar-refractivity contribution in [3.05, 3.63) is 71.1 Å². The van der Waals surface area contributed by atoms with Gasteiger partial charge in [-0.1, -0.05) is 35.9 Å². The van der Waals surface area contributed by atoms with E-state index in [-0.39, 0.29) is 0 Å². The summed E-state index contributed by atoms with van der Waals surface area (Å²) in [5.74, 6) is 1.27. The average Bonchev–Trinajstić information content (AvgIpc) is 2.88. The van der Waals surface area contributed by atoms with E-state index in [1.807, 2.05) is 24.3 Å². The van der Waals surface area contributed by atoms with Crippen LogP contribution in [0, 0.1) is 5.41 Å². The number of halogens is 1. The molecule has 0 atom stereocenters. The zero-order valence-corrected chi connectivity index (χ0v) is 24.6. The summed E-state index contributed by atoms with van der Waals surface area (Å²) in [7, 11) is 1.97. The summed E-state index contributed by atoms with van der Waals surface area (Å²) in [6, 6.07) is 17.4. The van der Waals surface area contributed by atoms with E-state index < -0.39 is 7.14 Å². The first-order valence-corrected chi connectivity index (χ1v) is 16.5. The Kier molecular flexibility index (Phi) is 7.86. The standard InChI is InChI=1S/C30H39ClN5OP/c1-35(2)24-19-30(20-24)15-17-36(18-16-30)23-12-9-22(10-13-23)11-14-28-32-21-25(31)29(34-28)33-26-7-5-6-8-27(26)38(3,4)37/h5-10,12-13,21,24H,11,14-20H2,1-4H3,(H,32,33,34). The molecule has 2 fully saturated rings. The van der Waals surface area contributed by atoms with Crippen molar-refractivity contribution in [2.75, 3.05) is 50.7 Å². The number of anilines is 3. The minimum Gasteiger partial charge on any atom is -0.371 e. The Morgan fingerprint density at radius 3 is 2.39 bits per heavy atom. The van der Waals surface area contributed by atoms with Crippen molar-refractivity contribution >= 4 is 41.2 Å². The lowest BCUT2D eigenvalue weighted by molar-refractivity contribution is 0.00490. The zero-order chi connectivity index (χ0) is 26.9. The fourth-order valence-electron chi connectivity index (χ4n) is 5.87. The minimum atomic E-state index is -2.45. The molecule has 3 aromatic rings. The fraction of sp³-hybridized carbons (Fsp3) is 0.467. The lowest BCUT2D eigenvalue weighted by Gasteiger charge is -2.54. The second kappa shape index (κ2) is 11.0. The smallest absolute Gasteiger partial charge is 0.152 e. The highest BCUT2D eigenvalue weighted by Crippen LogP contribution is 2.50. The van der Waals surface area contributed by atoms with Crippen LogP contribution in [0.25, 0.3) is 0 Å². The highest BCUT2D eigenvalue weighted by molar-refractivity contribution is 7.70. The molecule has 6 nitrogen and oxygen atoms in total. The molecule has 1 aliphatic heterocycles. The Morgan fingerprint density at radius 1 is 1.05 bits per heavy atom. The van der Waals surface area contributed by atoms with Crippen LogP contribution in [0.1, 0.15) is 37.1 Å². The molecule has 38 heavy (non-hydrogen) atoms. The van der Waals surface area contributed by atoms with Gasteiger partial charge < -0.3 is 19.7 Å². The van der Waals surface area contributed by atoms with Crippen LogP contribution in [0.4, 0.5) is 17.2 Å². The number of benzene rings is 2. The first kappa shape index (κ1) is 27.2. The van der Waals surface area contributed by atoms with E-state index in [1.165, 1.54) is 36.9 Å². The second-order valence-corrected chi connectivity index (χ2v) is 15.2. The molecule has 0 bridgehead atoms. The molecule has 1 aliphatic carbocycles. The quantitative estimate of drug-likeness (QED) is 0.335. The Labute approximate surface area is 232 Å². The van der Waals surface area contributed by atoms with Crippen molar-refractivity contribution in [2.45, 2.75) is 44.6 Å². The first-order valence-electron chi connectivity index (χ1n) is 13.6. The van der Waals surface area contributed by atoms with Gasteiger partial charge in [0.05, 0.1) is 11.9 Å². The topological polar surface area (TPSA) is 61.4 Å². The molecule has 2 aromatic carbocycles. The summed E-state index contributed by atoms with van der Waals surface area (Å²) in [6.07, 6.45) is 8.55. The average molecular weight is 552 g/mol. The molecule has 5 rings (SSSR count). The third-order valence-corrected chi connectivity index (χ3v) is 10.2. The van der Waals surface area contributed by atoms with E-state index >= 15 is 0 Å². The van der Waals surface area contributed by atoms with Gasteiger partial charge in [-0.25, -0.2) is 9.97 Å². The summed E-state index contributed by atoms with van der Waals surface area (Å²) in [5.41, 5.74) is 3.95. The summed E-state index contributed by atoms with van der Waals surface area (Å²) in [4.78, 5) is 14.1. The van der Waals surface area contributed by atoms with E-state index in [4.69, 9.17) is 11.6 Å². The van der Waals surface area contributed by atoms with Gasteiger partial charge in [-0.15, -0.1) is 0 Å². The summed E-state index contributed by atoms with van der Waals surface area (Å²) >= 11 is 6.41. The van der Waals surface area contributed by atoms with Gasteiger partial charge in [0.15, 0.2) is 5.82 Å². The molecule has 1 saturated heterocycles. The predicted octanol–water partition coefficient (Wildman–Crippen LogP) is 6.22. The summed E-state index contributed by atoms with van der Waals surface area (Å²) in [6.45, 7) is 5.84. The van der Waals surface area contributed by atoms with Crippen LogP contribution in [-0.2, 0) is 17.4 Å². The van der Waals surface area contributed by atoms with Gasteiger partial charge in [0, 0.05) is 36.5 Å². The van der Waals surface area contributed by atoms with Gasteiger partial charge in [-0.2, -0.15) is 0 Å².